The molecule has 174 valence electrons. The number of carboxylic acids is 3. The first-order valence-electron chi connectivity index (χ1n) is 11.3. The van der Waals surface area contributed by atoms with Gasteiger partial charge < -0.3 is 15.3 Å². The number of unbranched alkanes of at least 4 members (excludes halogenated alkanes) is 8. The molecule has 7 nitrogen and oxygen atoms in total. The van der Waals surface area contributed by atoms with Crippen LogP contribution in [-0.4, -0.2) is 62.4 Å². The molecule has 30 heavy (non-hydrogen) atoms. The lowest BCUT2D eigenvalue weighted by molar-refractivity contribution is -0.968. The van der Waals surface area contributed by atoms with E-state index in [4.69, 9.17) is 0 Å². The van der Waals surface area contributed by atoms with Crippen LogP contribution < -0.4 is 0 Å². The molecular formula is C23H42NO6+. The average Bonchev–Trinajstić information content (AvgIpc) is 2.70. The maximum absolute atomic E-state index is 11.7. The molecule has 0 amide bonds. The van der Waals surface area contributed by atoms with E-state index >= 15 is 0 Å². The van der Waals surface area contributed by atoms with E-state index in [1.807, 2.05) is 0 Å². The lowest BCUT2D eigenvalue weighted by atomic mass is 10.00. The third kappa shape index (κ3) is 8.86. The van der Waals surface area contributed by atoms with E-state index in [-0.39, 0.29) is 6.54 Å². The Bertz CT molecular complexity index is 510. The molecule has 0 aliphatic rings. The highest BCUT2D eigenvalue weighted by atomic mass is 16.4. The lowest BCUT2D eigenvalue weighted by Crippen LogP contribution is -2.70. The molecule has 7 heteroatoms. The normalized spacial score (nSPS) is 16.7. The maximum atomic E-state index is 11.7. The number of allylic oxidation sites excluding steroid dienone is 2. The number of aliphatic carboxylic acids is 3. The van der Waals surface area contributed by atoms with Gasteiger partial charge in [-0.05, 0) is 59.3 Å². The fraction of sp³-hybridized carbons (Fsp3) is 0.783. The Labute approximate surface area is 181 Å². The summed E-state index contributed by atoms with van der Waals surface area (Å²) in [4.78, 5) is 35.1. The van der Waals surface area contributed by atoms with Crippen LogP contribution in [0.1, 0.15) is 91.9 Å². The van der Waals surface area contributed by atoms with E-state index in [1.54, 1.807) is 0 Å². The van der Waals surface area contributed by atoms with Crippen molar-refractivity contribution in [2.75, 3.05) is 6.54 Å². The molecule has 0 fully saturated rings. The van der Waals surface area contributed by atoms with Crippen LogP contribution in [0.3, 0.4) is 0 Å². The van der Waals surface area contributed by atoms with Gasteiger partial charge in [-0.25, -0.2) is 14.4 Å². The highest BCUT2D eigenvalue weighted by Crippen LogP contribution is 2.27. The quantitative estimate of drug-likeness (QED) is 0.166. The summed E-state index contributed by atoms with van der Waals surface area (Å²) < 4.78 is -0.488. The third-order valence-corrected chi connectivity index (χ3v) is 6.29. The van der Waals surface area contributed by atoms with Gasteiger partial charge in [0.15, 0.2) is 18.1 Å². The zero-order chi connectivity index (χ0) is 23.2. The van der Waals surface area contributed by atoms with Crippen molar-refractivity contribution in [3.05, 3.63) is 12.2 Å². The van der Waals surface area contributed by atoms with Crippen molar-refractivity contribution < 1.29 is 34.2 Å². The van der Waals surface area contributed by atoms with E-state index in [1.165, 1.54) is 46.5 Å². The van der Waals surface area contributed by atoms with E-state index in [9.17, 15) is 29.7 Å². The van der Waals surface area contributed by atoms with E-state index in [2.05, 4.69) is 19.1 Å². The zero-order valence-corrected chi connectivity index (χ0v) is 19.2. The van der Waals surface area contributed by atoms with Gasteiger partial charge in [0.2, 0.25) is 0 Å². The monoisotopic (exact) mass is 428 g/mol. The molecule has 0 spiro atoms. The topological polar surface area (TPSA) is 112 Å². The van der Waals surface area contributed by atoms with Crippen LogP contribution in [0.15, 0.2) is 12.2 Å². The molecule has 0 aromatic rings. The summed E-state index contributed by atoms with van der Waals surface area (Å²) in [5.74, 6) is -3.54. The van der Waals surface area contributed by atoms with Gasteiger partial charge in [0.1, 0.15) is 0 Å². The molecule has 3 unspecified atom stereocenters. The minimum atomic E-state index is -1.18. The van der Waals surface area contributed by atoms with Gasteiger partial charge in [0.05, 0.1) is 6.54 Å². The van der Waals surface area contributed by atoms with Gasteiger partial charge >= 0.3 is 17.9 Å². The first-order chi connectivity index (χ1) is 14.1. The minimum absolute atomic E-state index is 0.210. The molecule has 0 heterocycles. The molecular weight excluding hydrogens is 386 g/mol. The van der Waals surface area contributed by atoms with Crippen LogP contribution in [0.25, 0.3) is 0 Å². The Morgan fingerprint density at radius 1 is 0.667 bits per heavy atom. The summed E-state index contributed by atoms with van der Waals surface area (Å²) in [7, 11) is 0. The number of carbonyl (C=O) groups is 3. The highest BCUT2D eigenvalue weighted by Gasteiger charge is 2.52. The second kappa shape index (κ2) is 15.0. The van der Waals surface area contributed by atoms with Crippen LogP contribution in [0, 0.1) is 0 Å². The Kier molecular flexibility index (Phi) is 14.0. The molecule has 0 aliphatic carbocycles. The molecule has 0 rings (SSSR count). The van der Waals surface area contributed by atoms with Gasteiger partial charge in [-0.15, -0.1) is 0 Å². The molecule has 0 aromatic heterocycles. The summed E-state index contributed by atoms with van der Waals surface area (Å²) in [5.41, 5.74) is 0. The van der Waals surface area contributed by atoms with Crippen LogP contribution in [0.2, 0.25) is 0 Å². The van der Waals surface area contributed by atoms with E-state index < -0.39 is 40.5 Å². The predicted octanol–water partition coefficient (Wildman–Crippen LogP) is 4.70. The smallest absolute Gasteiger partial charge is 0.362 e. The van der Waals surface area contributed by atoms with Crippen molar-refractivity contribution in [3.8, 4) is 0 Å². The van der Waals surface area contributed by atoms with Gasteiger partial charge in [-0.2, -0.15) is 0 Å². The van der Waals surface area contributed by atoms with Crippen molar-refractivity contribution in [1.82, 2.24) is 0 Å². The molecule has 3 atom stereocenters. The lowest BCUT2D eigenvalue weighted by Gasteiger charge is -2.47. The van der Waals surface area contributed by atoms with Crippen LogP contribution in [0.4, 0.5) is 0 Å². The summed E-state index contributed by atoms with van der Waals surface area (Å²) in [6.07, 6.45) is 15.0. The van der Waals surface area contributed by atoms with E-state index in [0.29, 0.717) is 6.42 Å². The Morgan fingerprint density at radius 2 is 1.03 bits per heavy atom. The molecule has 0 saturated carbocycles. The van der Waals surface area contributed by atoms with Crippen LogP contribution >= 0.6 is 0 Å². The summed E-state index contributed by atoms with van der Waals surface area (Å²) in [6, 6.07) is -3.38. The van der Waals surface area contributed by atoms with Gasteiger partial charge in [-0.1, -0.05) is 44.8 Å². The number of rotatable bonds is 18. The average molecular weight is 429 g/mol. The number of hydrogen-bond donors (Lipinski definition) is 3. The molecule has 0 radical (unpaired) electrons. The number of carboxylic acid groups (broad SMARTS) is 3. The second-order valence-corrected chi connectivity index (χ2v) is 8.28. The fourth-order valence-corrected chi connectivity index (χ4v) is 4.13. The van der Waals surface area contributed by atoms with Crippen molar-refractivity contribution in [2.45, 2.75) is 110 Å². The van der Waals surface area contributed by atoms with Crippen molar-refractivity contribution in [1.29, 1.82) is 0 Å². The molecule has 0 bridgehead atoms. The predicted molar refractivity (Wildman–Crippen MR) is 117 cm³/mol. The van der Waals surface area contributed by atoms with Crippen molar-refractivity contribution in [3.63, 3.8) is 0 Å². The van der Waals surface area contributed by atoms with Gasteiger partial charge in [0, 0.05) is 0 Å². The second-order valence-electron chi connectivity index (χ2n) is 8.28. The maximum Gasteiger partial charge on any atom is 0.362 e. The molecule has 0 aliphatic heterocycles. The first kappa shape index (κ1) is 28.1. The molecule has 3 N–H and O–H groups in total. The number of quaternary nitrogens is 1. The summed E-state index contributed by atoms with van der Waals surface area (Å²) >= 11 is 0. The minimum Gasteiger partial charge on any atom is -0.477 e. The highest BCUT2D eigenvalue weighted by molar-refractivity contribution is 5.77. The standard InChI is InChI=1S/C23H41NO6/c1-5-6-7-8-9-10-11-12-13-14-15-16-17-24(18(2)21(25)26,19(3)22(27)28)20(4)23(29)30/h10-11,18-20H,5-9,12-17H2,1-4H3,(H2-,25,26,27,28,29,30)/p+1/b11-10+. The Morgan fingerprint density at radius 3 is 1.40 bits per heavy atom. The van der Waals surface area contributed by atoms with Crippen molar-refractivity contribution >= 4 is 17.9 Å². The van der Waals surface area contributed by atoms with Gasteiger partial charge in [-0.3, -0.25) is 4.48 Å². The number of nitrogens with zero attached hydrogens (tertiary/aromatic N) is 1. The van der Waals surface area contributed by atoms with Crippen molar-refractivity contribution in [2.24, 2.45) is 0 Å². The SMILES string of the molecule is CCCCCC/C=C/CCCCCC[N+](C(C)C(=O)O)(C(C)C(=O)O)C(C)C(=O)O. The largest absolute Gasteiger partial charge is 0.477 e. The molecule has 0 aromatic carbocycles. The van der Waals surface area contributed by atoms with Crippen LogP contribution in [0.5, 0.6) is 0 Å². The fourth-order valence-electron chi connectivity index (χ4n) is 4.13. The first-order valence-corrected chi connectivity index (χ1v) is 11.3. The third-order valence-electron chi connectivity index (χ3n) is 6.29. The van der Waals surface area contributed by atoms with Gasteiger partial charge in [0.25, 0.3) is 0 Å². The summed E-state index contributed by atoms with van der Waals surface area (Å²) in [5, 5.41) is 28.7. The van der Waals surface area contributed by atoms with Crippen LogP contribution in [-0.2, 0) is 14.4 Å². The van der Waals surface area contributed by atoms with E-state index in [0.717, 1.165) is 32.1 Å². The molecule has 0 saturated heterocycles. The number of hydrogen-bond acceptors (Lipinski definition) is 3. The summed E-state index contributed by atoms with van der Waals surface area (Å²) in [6.45, 7) is 6.64. The zero-order valence-electron chi connectivity index (χ0n) is 19.2. The Balaban J connectivity index is 4.77. The Hall–Kier alpha value is -1.89.